The molecule has 108 valence electrons. The Hall–Kier alpha value is -0.130. The van der Waals surface area contributed by atoms with Crippen molar-refractivity contribution in [3.8, 4) is 0 Å². The predicted octanol–water partition coefficient (Wildman–Crippen LogP) is 1.89. The van der Waals surface area contributed by atoms with Crippen LogP contribution in [0.25, 0.3) is 0 Å². The zero-order valence-corrected chi connectivity index (χ0v) is 12.4. The maximum Gasteiger partial charge on any atom is 0.211 e. The minimum Gasteiger partial charge on any atom is -0.393 e. The van der Waals surface area contributed by atoms with Gasteiger partial charge in [0.2, 0.25) is 10.0 Å². The maximum absolute atomic E-state index is 11.9. The van der Waals surface area contributed by atoms with Crippen LogP contribution in [-0.2, 0) is 10.0 Å². The van der Waals surface area contributed by atoms with Gasteiger partial charge in [0.1, 0.15) is 0 Å². The normalized spacial score (nSPS) is 21.7. The third-order valence-electron chi connectivity index (χ3n) is 3.58. The van der Waals surface area contributed by atoms with E-state index in [2.05, 4.69) is 4.72 Å². The summed E-state index contributed by atoms with van der Waals surface area (Å²) in [4.78, 5) is 0. The predicted molar refractivity (Wildman–Crippen MR) is 73.8 cm³/mol. The lowest BCUT2D eigenvalue weighted by atomic mass is 9.91. The van der Waals surface area contributed by atoms with Crippen molar-refractivity contribution in [3.63, 3.8) is 0 Å². The molecule has 0 aromatic carbocycles. The Morgan fingerprint density at radius 2 is 1.83 bits per heavy atom. The first-order valence-corrected chi connectivity index (χ1v) is 8.69. The highest BCUT2D eigenvalue weighted by Crippen LogP contribution is 2.24. The summed E-state index contributed by atoms with van der Waals surface area (Å²) < 4.78 is 26.5. The highest BCUT2D eigenvalue weighted by Gasteiger charge is 2.21. The Morgan fingerprint density at radius 3 is 2.39 bits per heavy atom. The number of nitrogens with one attached hydrogen (secondary N) is 1. The molecule has 2 unspecified atom stereocenters. The van der Waals surface area contributed by atoms with Gasteiger partial charge in [-0.1, -0.05) is 26.2 Å². The summed E-state index contributed by atoms with van der Waals surface area (Å²) in [6.07, 6.45) is 5.93. The number of hydrogen-bond acceptors (Lipinski definition) is 3. The van der Waals surface area contributed by atoms with Crippen molar-refractivity contribution in [3.05, 3.63) is 0 Å². The lowest BCUT2D eigenvalue weighted by molar-refractivity contribution is 0.164. The maximum atomic E-state index is 11.9. The van der Waals surface area contributed by atoms with E-state index in [1.165, 1.54) is 19.3 Å². The molecular weight excluding hydrogens is 250 g/mol. The van der Waals surface area contributed by atoms with Gasteiger partial charge in [0.25, 0.3) is 0 Å². The van der Waals surface area contributed by atoms with Gasteiger partial charge in [0.15, 0.2) is 0 Å². The van der Waals surface area contributed by atoms with Crippen LogP contribution in [-0.4, -0.2) is 31.9 Å². The van der Waals surface area contributed by atoms with E-state index in [0.29, 0.717) is 18.9 Å². The van der Waals surface area contributed by atoms with E-state index in [-0.39, 0.29) is 17.8 Å². The summed E-state index contributed by atoms with van der Waals surface area (Å²) in [5.41, 5.74) is 0. The molecule has 18 heavy (non-hydrogen) atoms. The summed E-state index contributed by atoms with van der Waals surface area (Å²) in [6, 6.07) is 0. The summed E-state index contributed by atoms with van der Waals surface area (Å²) in [5, 5.41) is 9.24. The van der Waals surface area contributed by atoms with Crippen molar-refractivity contribution in [2.75, 3.05) is 12.3 Å². The lowest BCUT2D eigenvalue weighted by Crippen LogP contribution is -2.34. The Bertz CT molecular complexity index is 321. The smallest absolute Gasteiger partial charge is 0.211 e. The first kappa shape index (κ1) is 15.9. The van der Waals surface area contributed by atoms with E-state index < -0.39 is 10.0 Å². The summed E-state index contributed by atoms with van der Waals surface area (Å²) >= 11 is 0. The van der Waals surface area contributed by atoms with E-state index in [0.717, 1.165) is 12.8 Å². The molecule has 4 nitrogen and oxygen atoms in total. The van der Waals surface area contributed by atoms with Gasteiger partial charge in [-0.25, -0.2) is 13.1 Å². The van der Waals surface area contributed by atoms with Crippen molar-refractivity contribution >= 4 is 10.0 Å². The SMILES string of the molecule is CC(O)CC(C)CNS(=O)(=O)CC1CCCCC1. The van der Waals surface area contributed by atoms with E-state index in [9.17, 15) is 13.5 Å². The minimum atomic E-state index is -3.14. The van der Waals surface area contributed by atoms with Gasteiger partial charge in [-0.3, -0.25) is 0 Å². The molecule has 0 bridgehead atoms. The number of aliphatic hydroxyl groups excluding tert-OH is 1. The van der Waals surface area contributed by atoms with E-state index in [1.807, 2.05) is 6.92 Å². The highest BCUT2D eigenvalue weighted by atomic mass is 32.2. The van der Waals surface area contributed by atoms with Crippen LogP contribution in [0.5, 0.6) is 0 Å². The zero-order valence-electron chi connectivity index (χ0n) is 11.6. The number of hydrogen-bond donors (Lipinski definition) is 2. The molecule has 0 saturated heterocycles. The van der Waals surface area contributed by atoms with Gasteiger partial charge in [-0.2, -0.15) is 0 Å². The van der Waals surface area contributed by atoms with Crippen molar-refractivity contribution in [2.24, 2.45) is 11.8 Å². The fourth-order valence-electron chi connectivity index (χ4n) is 2.66. The number of rotatable bonds is 7. The molecule has 0 spiro atoms. The van der Waals surface area contributed by atoms with E-state index >= 15 is 0 Å². The van der Waals surface area contributed by atoms with Gasteiger partial charge in [0.05, 0.1) is 11.9 Å². The number of aliphatic hydroxyl groups is 1. The van der Waals surface area contributed by atoms with Crippen molar-refractivity contribution in [1.29, 1.82) is 0 Å². The largest absolute Gasteiger partial charge is 0.393 e. The molecule has 1 aliphatic carbocycles. The second kappa shape index (κ2) is 7.46. The average molecular weight is 277 g/mol. The Kier molecular flexibility index (Phi) is 6.60. The molecule has 5 heteroatoms. The van der Waals surface area contributed by atoms with Gasteiger partial charge in [-0.15, -0.1) is 0 Å². The van der Waals surface area contributed by atoms with Crippen LogP contribution >= 0.6 is 0 Å². The Balaban J connectivity index is 2.30. The number of sulfonamides is 1. The second-order valence-electron chi connectivity index (χ2n) is 5.82. The van der Waals surface area contributed by atoms with Crippen LogP contribution in [0.15, 0.2) is 0 Å². The lowest BCUT2D eigenvalue weighted by Gasteiger charge is -2.22. The van der Waals surface area contributed by atoms with Crippen molar-refractivity contribution in [2.45, 2.75) is 58.5 Å². The standard InChI is InChI=1S/C13H27NO3S/c1-11(8-12(2)15)9-14-18(16,17)10-13-6-4-3-5-7-13/h11-15H,3-10H2,1-2H3. The molecule has 1 fully saturated rings. The third kappa shape index (κ3) is 6.71. The van der Waals surface area contributed by atoms with Gasteiger partial charge in [-0.05, 0) is 38.0 Å². The fourth-order valence-corrected chi connectivity index (χ4v) is 4.27. The van der Waals surface area contributed by atoms with Crippen LogP contribution in [0.2, 0.25) is 0 Å². The molecular formula is C13H27NO3S. The van der Waals surface area contributed by atoms with Crippen LogP contribution in [0.1, 0.15) is 52.4 Å². The molecule has 2 N–H and O–H groups in total. The molecule has 0 aromatic heterocycles. The fraction of sp³-hybridized carbons (Fsp3) is 1.00. The molecule has 0 radical (unpaired) electrons. The Morgan fingerprint density at radius 1 is 1.22 bits per heavy atom. The highest BCUT2D eigenvalue weighted by molar-refractivity contribution is 7.89. The third-order valence-corrected chi connectivity index (χ3v) is 5.09. The van der Waals surface area contributed by atoms with E-state index in [1.54, 1.807) is 6.92 Å². The topological polar surface area (TPSA) is 66.4 Å². The van der Waals surface area contributed by atoms with Crippen LogP contribution in [0, 0.1) is 11.8 Å². The van der Waals surface area contributed by atoms with Crippen molar-refractivity contribution in [1.82, 2.24) is 4.72 Å². The Labute approximate surface area is 111 Å². The average Bonchev–Trinajstić information content (AvgIpc) is 2.26. The first-order valence-electron chi connectivity index (χ1n) is 7.04. The molecule has 0 heterocycles. The van der Waals surface area contributed by atoms with Gasteiger partial charge >= 0.3 is 0 Å². The minimum absolute atomic E-state index is 0.172. The monoisotopic (exact) mass is 277 g/mol. The first-order chi connectivity index (χ1) is 8.39. The summed E-state index contributed by atoms with van der Waals surface area (Å²) in [5.74, 6) is 0.781. The molecule has 1 saturated carbocycles. The van der Waals surface area contributed by atoms with Gasteiger partial charge < -0.3 is 5.11 Å². The molecule has 0 aliphatic heterocycles. The molecule has 1 aliphatic rings. The van der Waals surface area contributed by atoms with E-state index in [4.69, 9.17) is 0 Å². The van der Waals surface area contributed by atoms with Crippen LogP contribution in [0.3, 0.4) is 0 Å². The zero-order chi connectivity index (χ0) is 13.6. The molecule has 0 aromatic rings. The second-order valence-corrected chi connectivity index (χ2v) is 7.68. The van der Waals surface area contributed by atoms with Crippen molar-refractivity contribution < 1.29 is 13.5 Å². The summed E-state index contributed by atoms with van der Waals surface area (Å²) in [7, 11) is -3.14. The molecule has 2 atom stereocenters. The van der Waals surface area contributed by atoms with Gasteiger partial charge in [0, 0.05) is 6.54 Å². The quantitative estimate of drug-likeness (QED) is 0.747. The van der Waals surface area contributed by atoms with Crippen LogP contribution in [0.4, 0.5) is 0 Å². The summed E-state index contributed by atoms with van der Waals surface area (Å²) in [6.45, 7) is 4.11. The van der Waals surface area contributed by atoms with Crippen LogP contribution < -0.4 is 4.72 Å². The molecule has 1 rings (SSSR count). The molecule has 0 amide bonds.